The van der Waals surface area contributed by atoms with Crippen LogP contribution in [0.3, 0.4) is 0 Å². The first-order chi connectivity index (χ1) is 10.5. The highest BCUT2D eigenvalue weighted by Crippen LogP contribution is 2.41. The number of hydrogen-bond acceptors (Lipinski definition) is 7. The van der Waals surface area contributed by atoms with Crippen molar-refractivity contribution in [1.82, 2.24) is 19.5 Å². The van der Waals surface area contributed by atoms with E-state index < -0.39 is 18.0 Å². The summed E-state index contributed by atoms with van der Waals surface area (Å²) in [6.45, 7) is 3.65. The lowest BCUT2D eigenvalue weighted by Gasteiger charge is -2.19. The van der Waals surface area contributed by atoms with Crippen molar-refractivity contribution < 1.29 is 19.3 Å². The van der Waals surface area contributed by atoms with Gasteiger partial charge < -0.3 is 19.3 Å². The molecule has 0 saturated carbocycles. The molecule has 3 atom stereocenters. The van der Waals surface area contributed by atoms with Crippen LogP contribution in [-0.4, -0.2) is 55.8 Å². The van der Waals surface area contributed by atoms with Crippen molar-refractivity contribution in [3.8, 4) is 5.88 Å². The topological polar surface area (TPSA) is 91.5 Å². The van der Waals surface area contributed by atoms with E-state index in [-0.39, 0.29) is 6.10 Å². The van der Waals surface area contributed by atoms with Gasteiger partial charge in [0.15, 0.2) is 17.0 Å². The van der Waals surface area contributed by atoms with Crippen molar-refractivity contribution in [3.05, 3.63) is 18.7 Å². The van der Waals surface area contributed by atoms with Crippen molar-refractivity contribution >= 4 is 16.9 Å². The molecule has 0 aromatic carbocycles. The number of methoxy groups -OCH3 is 1. The molecule has 1 aliphatic heterocycles. The highest BCUT2D eigenvalue weighted by molar-refractivity contribution is 5.80. The molecule has 1 N–H and O–H groups in total. The summed E-state index contributed by atoms with van der Waals surface area (Å²) in [5.74, 6) is -0.331. The van der Waals surface area contributed by atoms with Crippen molar-refractivity contribution in [2.75, 3.05) is 7.11 Å². The van der Waals surface area contributed by atoms with Gasteiger partial charge in [-0.2, -0.15) is 4.98 Å². The minimum atomic E-state index is -0.737. The molecule has 0 radical (unpaired) electrons. The van der Waals surface area contributed by atoms with Crippen molar-refractivity contribution in [2.24, 2.45) is 0 Å². The lowest BCUT2D eigenvalue weighted by Crippen LogP contribution is -2.29. The average molecular weight is 304 g/mol. The Balaban J connectivity index is 1.81. The molecular formula is C14H16N4O4. The second-order valence-electron chi connectivity index (χ2n) is 5.77. The van der Waals surface area contributed by atoms with E-state index in [2.05, 4.69) is 15.0 Å². The molecule has 0 spiro atoms. The van der Waals surface area contributed by atoms with E-state index in [0.29, 0.717) is 17.0 Å². The maximum atomic E-state index is 10.2. The van der Waals surface area contributed by atoms with Crippen LogP contribution >= 0.6 is 0 Å². The number of aliphatic hydroxyl groups excluding tert-OH is 1. The zero-order valence-electron chi connectivity index (χ0n) is 12.4. The summed E-state index contributed by atoms with van der Waals surface area (Å²) in [6, 6.07) is 0. The Hall–Kier alpha value is -2.03. The molecule has 8 heteroatoms. The Morgan fingerprint density at radius 1 is 1.27 bits per heavy atom. The molecule has 8 nitrogen and oxygen atoms in total. The van der Waals surface area contributed by atoms with Crippen LogP contribution in [0.15, 0.2) is 18.7 Å². The fourth-order valence-corrected chi connectivity index (χ4v) is 3.00. The van der Waals surface area contributed by atoms with E-state index >= 15 is 0 Å². The van der Waals surface area contributed by atoms with Crippen LogP contribution < -0.4 is 4.74 Å². The van der Waals surface area contributed by atoms with Crippen molar-refractivity contribution in [2.45, 2.75) is 37.9 Å². The third-order valence-corrected chi connectivity index (χ3v) is 3.87. The van der Waals surface area contributed by atoms with Crippen LogP contribution in [0.5, 0.6) is 5.88 Å². The number of hydrogen-bond donors (Lipinski definition) is 1. The maximum absolute atomic E-state index is 10.2. The summed E-state index contributed by atoms with van der Waals surface area (Å²) in [5, 5.41) is 10.2. The predicted molar refractivity (Wildman–Crippen MR) is 76.0 cm³/mol. The predicted octanol–water partition coefficient (Wildman–Crippen LogP) is 0.570. The molecule has 2 aromatic rings. The Morgan fingerprint density at radius 2 is 2.09 bits per heavy atom. The molecular weight excluding hydrogens is 288 g/mol. The van der Waals surface area contributed by atoms with Crippen molar-refractivity contribution in [3.63, 3.8) is 0 Å². The second-order valence-corrected chi connectivity index (χ2v) is 5.77. The van der Waals surface area contributed by atoms with Gasteiger partial charge in [-0.3, -0.25) is 4.57 Å². The minimum Gasteiger partial charge on any atom is -0.479 e. The first-order valence-electron chi connectivity index (χ1n) is 6.98. The molecule has 0 amide bonds. The number of aromatic nitrogens is 4. The molecule has 22 heavy (non-hydrogen) atoms. The molecule has 1 aliphatic carbocycles. The molecule has 1 fully saturated rings. The van der Waals surface area contributed by atoms with Gasteiger partial charge in [-0.05, 0) is 19.9 Å². The van der Waals surface area contributed by atoms with E-state index in [4.69, 9.17) is 14.2 Å². The number of rotatable bonds is 2. The van der Waals surface area contributed by atoms with Gasteiger partial charge >= 0.3 is 0 Å². The van der Waals surface area contributed by atoms with Gasteiger partial charge in [-0.25, -0.2) is 9.97 Å². The minimum absolute atomic E-state index is 0.372. The molecule has 2 aliphatic rings. The Morgan fingerprint density at radius 3 is 2.86 bits per heavy atom. The van der Waals surface area contributed by atoms with Crippen molar-refractivity contribution in [1.29, 1.82) is 0 Å². The molecule has 4 rings (SSSR count). The molecule has 116 valence electrons. The van der Waals surface area contributed by atoms with E-state index in [1.54, 1.807) is 17.0 Å². The third kappa shape index (κ3) is 1.84. The van der Waals surface area contributed by atoms with Gasteiger partial charge in [-0.15, -0.1) is 0 Å². The zero-order chi connectivity index (χ0) is 15.5. The highest BCUT2D eigenvalue weighted by atomic mass is 16.8. The van der Waals surface area contributed by atoms with Crippen LogP contribution in [0.2, 0.25) is 0 Å². The summed E-state index contributed by atoms with van der Waals surface area (Å²) < 4.78 is 18.6. The van der Waals surface area contributed by atoms with E-state index in [1.807, 2.05) is 13.8 Å². The number of aliphatic hydroxyl groups is 1. The fraction of sp³-hybridized carbons (Fsp3) is 0.500. The SMILES string of the molecule is COc1ncnc2c1ncn2C1=C[C@H](O)[C@H]2OC(C)(C)O[C@@H]12. The molecule has 2 aromatic heterocycles. The fourth-order valence-electron chi connectivity index (χ4n) is 3.00. The van der Waals surface area contributed by atoms with Gasteiger partial charge in [0.25, 0.3) is 0 Å². The van der Waals surface area contributed by atoms with Gasteiger partial charge in [0.05, 0.1) is 12.8 Å². The van der Waals surface area contributed by atoms with Crippen LogP contribution in [0.1, 0.15) is 13.8 Å². The van der Waals surface area contributed by atoms with Crippen LogP contribution in [0.4, 0.5) is 0 Å². The number of ether oxygens (including phenoxy) is 3. The second kappa shape index (κ2) is 4.48. The zero-order valence-corrected chi connectivity index (χ0v) is 12.4. The maximum Gasteiger partial charge on any atom is 0.245 e. The summed E-state index contributed by atoms with van der Waals surface area (Å²) in [4.78, 5) is 12.6. The van der Waals surface area contributed by atoms with Gasteiger partial charge in [-0.1, -0.05) is 0 Å². The van der Waals surface area contributed by atoms with Gasteiger partial charge in [0, 0.05) is 0 Å². The summed E-state index contributed by atoms with van der Waals surface area (Å²) >= 11 is 0. The Kier molecular flexibility index (Phi) is 2.77. The lowest BCUT2D eigenvalue weighted by atomic mass is 10.2. The molecule has 3 heterocycles. The van der Waals surface area contributed by atoms with E-state index in [1.165, 1.54) is 13.4 Å². The largest absolute Gasteiger partial charge is 0.479 e. The van der Waals surface area contributed by atoms with E-state index in [9.17, 15) is 5.11 Å². The summed E-state index contributed by atoms with van der Waals surface area (Å²) in [7, 11) is 1.53. The molecule has 1 saturated heterocycles. The Labute approximate surface area is 126 Å². The third-order valence-electron chi connectivity index (χ3n) is 3.87. The van der Waals surface area contributed by atoms with Gasteiger partial charge in [0.1, 0.15) is 31.0 Å². The number of fused-ring (bicyclic) bond motifs is 2. The Bertz CT molecular complexity index is 769. The molecule has 0 unspecified atom stereocenters. The first-order valence-corrected chi connectivity index (χ1v) is 6.98. The summed E-state index contributed by atoms with van der Waals surface area (Å²) in [6.07, 6.45) is 3.22. The van der Waals surface area contributed by atoms with Gasteiger partial charge in [0.2, 0.25) is 5.88 Å². The molecule has 0 bridgehead atoms. The van der Waals surface area contributed by atoms with E-state index in [0.717, 1.165) is 5.70 Å². The smallest absolute Gasteiger partial charge is 0.245 e. The van der Waals surface area contributed by atoms with Crippen LogP contribution in [-0.2, 0) is 9.47 Å². The number of imidazole rings is 1. The van der Waals surface area contributed by atoms with Crippen LogP contribution in [0.25, 0.3) is 16.9 Å². The normalized spacial score (nSPS) is 29.6. The highest BCUT2D eigenvalue weighted by Gasteiger charge is 2.50. The van der Waals surface area contributed by atoms with Crippen LogP contribution in [0, 0.1) is 0 Å². The summed E-state index contributed by atoms with van der Waals surface area (Å²) in [5.41, 5.74) is 1.91. The monoisotopic (exact) mass is 304 g/mol. The standard InChI is InChI=1S/C14H16N4O4/c1-14(2)21-10-7(4-8(19)11(10)22-14)18-6-17-9-12(18)15-5-16-13(9)20-3/h4-6,8,10-11,19H,1-3H3/t8-,10-,11+/m0/s1. The number of nitrogens with zero attached hydrogens (tertiary/aromatic N) is 4. The first kappa shape index (κ1) is 13.6. The lowest BCUT2D eigenvalue weighted by molar-refractivity contribution is -0.151. The quantitative estimate of drug-likeness (QED) is 0.867. The average Bonchev–Trinajstić information content (AvgIpc) is 3.11.